The molecule has 2 heteroatoms. The molecule has 0 amide bonds. The van der Waals surface area contributed by atoms with Crippen LogP contribution in [0.25, 0.3) is 0 Å². The summed E-state index contributed by atoms with van der Waals surface area (Å²) >= 11 is 0. The van der Waals surface area contributed by atoms with Crippen LogP contribution >= 0.6 is 0 Å². The van der Waals surface area contributed by atoms with Crippen molar-refractivity contribution >= 4 is 0 Å². The van der Waals surface area contributed by atoms with Gasteiger partial charge in [0.1, 0.15) is 6.61 Å². The maximum Gasteiger partial charge on any atom is 0.113 e. The van der Waals surface area contributed by atoms with Crippen LogP contribution in [0.3, 0.4) is 0 Å². The second-order valence-corrected chi connectivity index (χ2v) is 3.00. The van der Waals surface area contributed by atoms with Gasteiger partial charge >= 0.3 is 0 Å². The Morgan fingerprint density at radius 1 is 1.29 bits per heavy atom. The Morgan fingerprint density at radius 2 is 2.07 bits per heavy atom. The van der Waals surface area contributed by atoms with Gasteiger partial charge in [-0.15, -0.1) is 0 Å². The molecule has 0 saturated carbocycles. The zero-order valence-corrected chi connectivity index (χ0v) is 8.82. The average Bonchev–Trinajstić information content (AvgIpc) is 2.21. The van der Waals surface area contributed by atoms with Crippen molar-refractivity contribution in [2.45, 2.75) is 13.3 Å². The third-order valence-corrected chi connectivity index (χ3v) is 2.02. The summed E-state index contributed by atoms with van der Waals surface area (Å²) in [7, 11) is 1.67. The van der Waals surface area contributed by atoms with Gasteiger partial charge in [-0.25, -0.2) is 0 Å². The fraction of sp³-hybridized carbons (Fsp3) is 0.417. The highest BCUT2D eigenvalue weighted by atomic mass is 16.5. The molecule has 14 heavy (non-hydrogen) atoms. The first-order chi connectivity index (χ1) is 6.88. The molecule has 0 N–H and O–H groups in total. The van der Waals surface area contributed by atoms with Gasteiger partial charge in [0, 0.05) is 13.7 Å². The molecule has 1 radical (unpaired) electrons. The van der Waals surface area contributed by atoms with E-state index >= 15 is 0 Å². The van der Waals surface area contributed by atoms with Crippen molar-refractivity contribution in [3.05, 3.63) is 42.0 Å². The van der Waals surface area contributed by atoms with E-state index in [0.29, 0.717) is 0 Å². The Labute approximate surface area is 85.8 Å². The monoisotopic (exact) mass is 193 g/mol. The molecule has 77 valence electrons. The molecular formula is C12H17O2. The fourth-order valence-corrected chi connectivity index (χ4v) is 1.33. The Balaban J connectivity index is 2.55. The molecule has 0 saturated heterocycles. The summed E-state index contributed by atoms with van der Waals surface area (Å²) in [6, 6.07) is 8.19. The zero-order chi connectivity index (χ0) is 10.2. The lowest BCUT2D eigenvalue weighted by atomic mass is 10.1. The predicted molar refractivity (Wildman–Crippen MR) is 57.1 cm³/mol. The van der Waals surface area contributed by atoms with Gasteiger partial charge in [0.25, 0.3) is 0 Å². The van der Waals surface area contributed by atoms with Crippen LogP contribution in [-0.4, -0.2) is 20.3 Å². The van der Waals surface area contributed by atoms with Crippen molar-refractivity contribution in [2.24, 2.45) is 0 Å². The van der Waals surface area contributed by atoms with E-state index in [1.54, 1.807) is 13.7 Å². The van der Waals surface area contributed by atoms with E-state index in [-0.39, 0.29) is 0 Å². The molecule has 0 heterocycles. The van der Waals surface area contributed by atoms with Crippen molar-refractivity contribution in [3.63, 3.8) is 0 Å². The molecule has 0 atom stereocenters. The molecule has 0 aliphatic carbocycles. The van der Waals surface area contributed by atoms with Crippen LogP contribution in [0.2, 0.25) is 0 Å². The van der Waals surface area contributed by atoms with E-state index in [1.165, 1.54) is 5.56 Å². The van der Waals surface area contributed by atoms with Crippen LogP contribution < -0.4 is 0 Å². The molecule has 1 rings (SSSR count). The van der Waals surface area contributed by atoms with Crippen molar-refractivity contribution in [1.29, 1.82) is 0 Å². The SMILES string of the molecule is CCOCCc1ccccc1[CH]OC. The molecule has 0 aliphatic rings. The van der Waals surface area contributed by atoms with Crippen LogP contribution in [0, 0.1) is 6.61 Å². The molecule has 2 nitrogen and oxygen atoms in total. The second-order valence-electron chi connectivity index (χ2n) is 3.00. The van der Waals surface area contributed by atoms with Crippen LogP contribution in [0.15, 0.2) is 24.3 Å². The van der Waals surface area contributed by atoms with E-state index in [4.69, 9.17) is 9.47 Å². The van der Waals surface area contributed by atoms with E-state index in [2.05, 4.69) is 6.07 Å². The minimum atomic E-state index is 0.769. The van der Waals surface area contributed by atoms with Gasteiger partial charge in [0.15, 0.2) is 0 Å². The first-order valence-electron chi connectivity index (χ1n) is 4.90. The molecule has 0 unspecified atom stereocenters. The lowest BCUT2D eigenvalue weighted by Crippen LogP contribution is -2.01. The highest BCUT2D eigenvalue weighted by Crippen LogP contribution is 2.11. The fourth-order valence-electron chi connectivity index (χ4n) is 1.33. The second kappa shape index (κ2) is 6.57. The summed E-state index contributed by atoms with van der Waals surface area (Å²) in [4.78, 5) is 0. The van der Waals surface area contributed by atoms with E-state index in [9.17, 15) is 0 Å². The summed E-state index contributed by atoms with van der Waals surface area (Å²) < 4.78 is 10.3. The van der Waals surface area contributed by atoms with Crippen molar-refractivity contribution in [1.82, 2.24) is 0 Å². The molecular weight excluding hydrogens is 176 g/mol. The Bertz CT molecular complexity index is 258. The average molecular weight is 193 g/mol. The lowest BCUT2D eigenvalue weighted by Gasteiger charge is -2.07. The van der Waals surface area contributed by atoms with Crippen molar-refractivity contribution < 1.29 is 9.47 Å². The molecule has 0 aliphatic heterocycles. The quantitative estimate of drug-likeness (QED) is 0.646. The predicted octanol–water partition coefficient (Wildman–Crippen LogP) is 2.42. The third kappa shape index (κ3) is 3.48. The van der Waals surface area contributed by atoms with Crippen LogP contribution in [0.4, 0.5) is 0 Å². The first-order valence-corrected chi connectivity index (χ1v) is 4.90. The Morgan fingerprint density at radius 3 is 2.79 bits per heavy atom. The van der Waals surface area contributed by atoms with Gasteiger partial charge in [-0.1, -0.05) is 24.3 Å². The highest BCUT2D eigenvalue weighted by molar-refractivity contribution is 5.31. The molecule has 0 bridgehead atoms. The number of methoxy groups -OCH3 is 1. The smallest absolute Gasteiger partial charge is 0.113 e. The summed E-state index contributed by atoms with van der Waals surface area (Å²) in [5.74, 6) is 0. The summed E-state index contributed by atoms with van der Waals surface area (Å²) in [5.41, 5.74) is 2.40. The molecule has 0 aromatic heterocycles. The maximum atomic E-state index is 5.32. The molecule has 0 fully saturated rings. The topological polar surface area (TPSA) is 18.5 Å². The van der Waals surface area contributed by atoms with Gasteiger partial charge in [0.2, 0.25) is 0 Å². The Hall–Kier alpha value is -0.860. The van der Waals surface area contributed by atoms with E-state index < -0.39 is 0 Å². The van der Waals surface area contributed by atoms with Crippen molar-refractivity contribution in [3.8, 4) is 0 Å². The third-order valence-electron chi connectivity index (χ3n) is 2.02. The van der Waals surface area contributed by atoms with Crippen LogP contribution in [0.1, 0.15) is 18.1 Å². The zero-order valence-electron chi connectivity index (χ0n) is 8.82. The Kier molecular flexibility index (Phi) is 5.27. The number of rotatable bonds is 6. The highest BCUT2D eigenvalue weighted by Gasteiger charge is 2.00. The minimum Gasteiger partial charge on any atom is -0.381 e. The summed E-state index contributed by atoms with van der Waals surface area (Å²) in [6.45, 7) is 5.32. The normalized spacial score (nSPS) is 10.4. The molecule has 1 aromatic carbocycles. The van der Waals surface area contributed by atoms with Crippen molar-refractivity contribution in [2.75, 3.05) is 20.3 Å². The summed E-state index contributed by atoms with van der Waals surface area (Å²) in [6.07, 6.45) is 0.934. The van der Waals surface area contributed by atoms with Gasteiger partial charge in [0.05, 0.1) is 6.61 Å². The van der Waals surface area contributed by atoms with Gasteiger partial charge in [-0.3, -0.25) is 0 Å². The van der Waals surface area contributed by atoms with Gasteiger partial charge in [-0.05, 0) is 24.5 Å². The standard InChI is InChI=1S/C12H17O2/c1-3-14-9-8-11-6-4-5-7-12(11)10-13-2/h4-7,10H,3,8-9H2,1-2H3. The summed E-state index contributed by atoms with van der Waals surface area (Å²) in [5, 5.41) is 0. The number of hydrogen-bond acceptors (Lipinski definition) is 2. The van der Waals surface area contributed by atoms with Gasteiger partial charge < -0.3 is 9.47 Å². The van der Waals surface area contributed by atoms with Crippen LogP contribution in [0.5, 0.6) is 0 Å². The van der Waals surface area contributed by atoms with E-state index in [0.717, 1.165) is 25.2 Å². The van der Waals surface area contributed by atoms with Gasteiger partial charge in [-0.2, -0.15) is 0 Å². The number of hydrogen-bond donors (Lipinski definition) is 0. The molecule has 0 spiro atoms. The lowest BCUT2D eigenvalue weighted by molar-refractivity contribution is 0.150. The number of benzene rings is 1. The number of ether oxygens (including phenoxy) is 2. The van der Waals surface area contributed by atoms with Crippen LogP contribution in [-0.2, 0) is 15.9 Å². The maximum absolute atomic E-state index is 5.32. The minimum absolute atomic E-state index is 0.769. The molecule has 1 aromatic rings. The first kappa shape index (κ1) is 11.2. The van der Waals surface area contributed by atoms with E-state index in [1.807, 2.05) is 25.1 Å². The largest absolute Gasteiger partial charge is 0.381 e.